The molecule has 1 fully saturated rings. The van der Waals surface area contributed by atoms with Gasteiger partial charge in [0.15, 0.2) is 0 Å². The number of pyridine rings is 1. The van der Waals surface area contributed by atoms with Crippen LogP contribution >= 0.6 is 15.9 Å². The third-order valence-electron chi connectivity index (χ3n) is 4.26. The van der Waals surface area contributed by atoms with Crippen LogP contribution in [0.3, 0.4) is 0 Å². The molecule has 0 bridgehead atoms. The molecular weight excluding hydrogens is 330 g/mol. The van der Waals surface area contributed by atoms with Crippen molar-refractivity contribution in [1.29, 1.82) is 0 Å². The number of amides is 1. The molecule has 3 rings (SSSR count). The average molecular weight is 350 g/mol. The molecule has 1 aliphatic heterocycles. The molecule has 1 saturated heterocycles. The monoisotopic (exact) mass is 349 g/mol. The fraction of sp³-hybridized carbons (Fsp3) is 0.500. The van der Waals surface area contributed by atoms with Gasteiger partial charge in [-0.05, 0) is 53.2 Å². The maximum atomic E-state index is 12.9. The van der Waals surface area contributed by atoms with E-state index in [1.165, 1.54) is 0 Å². The summed E-state index contributed by atoms with van der Waals surface area (Å²) in [4.78, 5) is 19.5. The third-order valence-corrected chi connectivity index (χ3v) is 4.73. The van der Waals surface area contributed by atoms with Crippen molar-refractivity contribution >= 4 is 27.5 Å². The van der Waals surface area contributed by atoms with E-state index in [4.69, 9.17) is 0 Å². The predicted octanol–water partition coefficient (Wildman–Crippen LogP) is 3.53. The summed E-state index contributed by atoms with van der Waals surface area (Å²) in [5, 5.41) is 0. The quantitative estimate of drug-likeness (QED) is 0.831. The normalized spacial score (nSPS) is 16.6. The van der Waals surface area contributed by atoms with Crippen LogP contribution in [0.4, 0.5) is 0 Å². The molecule has 1 amide bonds. The van der Waals surface area contributed by atoms with Crippen LogP contribution in [0.2, 0.25) is 0 Å². The topological polar surface area (TPSA) is 37.6 Å². The zero-order chi connectivity index (χ0) is 15.0. The van der Waals surface area contributed by atoms with E-state index in [0.29, 0.717) is 0 Å². The molecule has 0 aliphatic carbocycles. The largest absolute Gasteiger partial charge is 0.337 e. The highest BCUT2D eigenvalue weighted by Crippen LogP contribution is 2.22. The van der Waals surface area contributed by atoms with Crippen LogP contribution in [0.1, 0.15) is 42.9 Å². The van der Waals surface area contributed by atoms with E-state index in [9.17, 15) is 4.79 Å². The molecule has 112 valence electrons. The molecule has 0 atom stereocenters. The molecule has 21 heavy (non-hydrogen) atoms. The third kappa shape index (κ3) is 2.71. The Morgan fingerprint density at radius 3 is 2.76 bits per heavy atom. The lowest BCUT2D eigenvalue weighted by Crippen LogP contribution is -2.38. The van der Waals surface area contributed by atoms with Crippen molar-refractivity contribution in [2.45, 2.75) is 33.1 Å². The molecule has 0 unspecified atom stereocenters. The number of aromatic nitrogens is 2. The fourth-order valence-electron chi connectivity index (χ4n) is 2.90. The van der Waals surface area contributed by atoms with Crippen molar-refractivity contribution in [3.05, 3.63) is 34.2 Å². The first-order valence-electron chi connectivity index (χ1n) is 7.56. The van der Waals surface area contributed by atoms with Gasteiger partial charge in [0.25, 0.3) is 5.91 Å². The lowest BCUT2D eigenvalue weighted by atomic mass is 9.99. The zero-order valence-corrected chi connectivity index (χ0v) is 14.1. The minimum Gasteiger partial charge on any atom is -0.337 e. The molecule has 1 aliphatic rings. The molecule has 0 spiro atoms. The summed E-state index contributed by atoms with van der Waals surface area (Å²) >= 11 is 3.48. The van der Waals surface area contributed by atoms with Crippen molar-refractivity contribution in [2.24, 2.45) is 5.92 Å². The van der Waals surface area contributed by atoms with Gasteiger partial charge < -0.3 is 4.90 Å². The highest BCUT2D eigenvalue weighted by Gasteiger charge is 2.26. The van der Waals surface area contributed by atoms with Crippen LogP contribution in [0.15, 0.2) is 22.8 Å². The van der Waals surface area contributed by atoms with Crippen molar-refractivity contribution in [2.75, 3.05) is 13.1 Å². The Balaban J connectivity index is 2.01. The van der Waals surface area contributed by atoms with E-state index in [2.05, 4.69) is 27.8 Å². The second kappa shape index (κ2) is 5.79. The number of halogens is 1. The summed E-state index contributed by atoms with van der Waals surface area (Å²) < 4.78 is 2.87. The van der Waals surface area contributed by atoms with Gasteiger partial charge in [0, 0.05) is 23.8 Å². The Bertz CT molecular complexity index is 671. The lowest BCUT2D eigenvalue weighted by Gasteiger charge is -2.30. The summed E-state index contributed by atoms with van der Waals surface area (Å²) in [6.45, 7) is 6.01. The number of hydrogen-bond acceptors (Lipinski definition) is 2. The van der Waals surface area contributed by atoms with Crippen molar-refractivity contribution in [3.8, 4) is 0 Å². The number of piperidine rings is 1. The number of carbonyl (C=O) groups is 1. The van der Waals surface area contributed by atoms with Crippen LogP contribution in [-0.4, -0.2) is 33.3 Å². The van der Waals surface area contributed by atoms with Gasteiger partial charge in [-0.1, -0.05) is 13.8 Å². The van der Waals surface area contributed by atoms with Gasteiger partial charge in [-0.3, -0.25) is 9.20 Å². The van der Waals surface area contributed by atoms with Crippen molar-refractivity contribution in [3.63, 3.8) is 0 Å². The number of likely N-dealkylation sites (tertiary alicyclic amines) is 1. The number of hydrogen-bond donors (Lipinski definition) is 0. The summed E-state index contributed by atoms with van der Waals surface area (Å²) in [6, 6.07) is 3.90. The molecule has 0 saturated carbocycles. The Morgan fingerprint density at radius 1 is 1.38 bits per heavy atom. The van der Waals surface area contributed by atoms with E-state index in [1.54, 1.807) is 0 Å². The highest BCUT2D eigenvalue weighted by molar-refractivity contribution is 9.10. The standard InChI is InChI=1S/C16H20BrN3O/c1-3-13-15(16(21)19-8-6-11(2)7-9-19)20-10-12(17)4-5-14(20)18-13/h4-5,10-11H,3,6-9H2,1-2H3. The van der Waals surface area contributed by atoms with Gasteiger partial charge in [-0.2, -0.15) is 0 Å². The van der Waals surface area contributed by atoms with Gasteiger partial charge in [0.2, 0.25) is 0 Å². The fourth-order valence-corrected chi connectivity index (χ4v) is 3.24. The minimum atomic E-state index is 0.115. The van der Waals surface area contributed by atoms with E-state index in [0.717, 1.165) is 59.8 Å². The van der Waals surface area contributed by atoms with Crippen LogP contribution in [-0.2, 0) is 6.42 Å². The average Bonchev–Trinajstić information content (AvgIpc) is 2.85. The maximum absolute atomic E-state index is 12.9. The first-order chi connectivity index (χ1) is 10.1. The van der Waals surface area contributed by atoms with Crippen LogP contribution in [0.5, 0.6) is 0 Å². The number of fused-ring (bicyclic) bond motifs is 1. The van der Waals surface area contributed by atoms with Gasteiger partial charge in [0.05, 0.1) is 5.69 Å². The molecule has 4 nitrogen and oxygen atoms in total. The van der Waals surface area contributed by atoms with Crippen LogP contribution in [0.25, 0.3) is 5.65 Å². The Kier molecular flexibility index (Phi) is 4.02. The van der Waals surface area contributed by atoms with E-state index >= 15 is 0 Å². The van der Waals surface area contributed by atoms with Gasteiger partial charge in [0.1, 0.15) is 11.3 Å². The number of aryl methyl sites for hydroxylation is 1. The lowest BCUT2D eigenvalue weighted by molar-refractivity contribution is 0.0689. The van der Waals surface area contributed by atoms with Crippen LogP contribution < -0.4 is 0 Å². The van der Waals surface area contributed by atoms with Gasteiger partial charge >= 0.3 is 0 Å². The number of rotatable bonds is 2. The summed E-state index contributed by atoms with van der Waals surface area (Å²) in [6.07, 6.45) is 4.88. The molecule has 3 heterocycles. The summed E-state index contributed by atoms with van der Waals surface area (Å²) in [7, 11) is 0. The van der Waals surface area contributed by atoms with E-state index < -0.39 is 0 Å². The first-order valence-corrected chi connectivity index (χ1v) is 8.35. The zero-order valence-electron chi connectivity index (χ0n) is 12.5. The number of carbonyl (C=O) groups excluding carboxylic acids is 1. The molecule has 0 radical (unpaired) electrons. The first kappa shape index (κ1) is 14.6. The highest BCUT2D eigenvalue weighted by atomic mass is 79.9. The smallest absolute Gasteiger partial charge is 0.272 e. The molecule has 2 aromatic rings. The SMILES string of the molecule is CCc1nc2ccc(Br)cn2c1C(=O)N1CCC(C)CC1. The molecular formula is C16H20BrN3O. The number of nitrogens with zero attached hydrogens (tertiary/aromatic N) is 3. The summed E-state index contributed by atoms with van der Waals surface area (Å²) in [5.41, 5.74) is 2.45. The predicted molar refractivity (Wildman–Crippen MR) is 86.6 cm³/mol. The molecule has 0 N–H and O–H groups in total. The maximum Gasteiger partial charge on any atom is 0.272 e. The number of imidazole rings is 1. The Morgan fingerprint density at radius 2 is 2.10 bits per heavy atom. The van der Waals surface area contributed by atoms with Crippen molar-refractivity contribution < 1.29 is 4.79 Å². The minimum absolute atomic E-state index is 0.115. The van der Waals surface area contributed by atoms with Crippen molar-refractivity contribution in [1.82, 2.24) is 14.3 Å². The van der Waals surface area contributed by atoms with Gasteiger partial charge in [-0.15, -0.1) is 0 Å². The second-order valence-corrected chi connectivity index (χ2v) is 6.73. The van der Waals surface area contributed by atoms with Crippen LogP contribution in [0, 0.1) is 5.92 Å². The van der Waals surface area contributed by atoms with Gasteiger partial charge in [-0.25, -0.2) is 4.98 Å². The second-order valence-electron chi connectivity index (χ2n) is 5.81. The molecule has 2 aromatic heterocycles. The molecule has 5 heteroatoms. The van der Waals surface area contributed by atoms with E-state index in [1.807, 2.05) is 34.6 Å². The van der Waals surface area contributed by atoms with E-state index in [-0.39, 0.29) is 5.91 Å². The summed E-state index contributed by atoms with van der Waals surface area (Å²) in [5.74, 6) is 0.834. The Hall–Kier alpha value is -1.36. The molecule has 0 aromatic carbocycles. The Labute approximate surface area is 133 Å².